The van der Waals surface area contributed by atoms with E-state index in [1.54, 1.807) is 0 Å². The van der Waals surface area contributed by atoms with Gasteiger partial charge in [-0.2, -0.15) is 0 Å². The van der Waals surface area contributed by atoms with E-state index in [1.165, 1.54) is 36.7 Å². The summed E-state index contributed by atoms with van der Waals surface area (Å²) in [4.78, 5) is 2.54. The maximum atomic E-state index is 10.5. The average molecular weight is 296 g/mol. The predicted molar refractivity (Wildman–Crippen MR) is 89.9 cm³/mol. The molecule has 3 fully saturated rings. The number of aliphatic hydroxyl groups is 1. The smallest absolute Gasteiger partial charge is 0.0914 e. The first-order chi connectivity index (χ1) is 10.8. The lowest BCUT2D eigenvalue weighted by Gasteiger charge is -2.45. The van der Waals surface area contributed by atoms with Crippen molar-refractivity contribution in [2.24, 2.45) is 5.92 Å². The lowest BCUT2D eigenvalue weighted by Crippen LogP contribution is -2.56. The summed E-state index contributed by atoms with van der Waals surface area (Å²) in [5.74, 6) is 0.800. The molecule has 2 atom stereocenters. The second kappa shape index (κ2) is 5.99. The van der Waals surface area contributed by atoms with Crippen molar-refractivity contribution in [3.8, 4) is 0 Å². The number of nitrogens with one attached hydrogen (secondary N) is 1. The van der Waals surface area contributed by atoms with Crippen molar-refractivity contribution >= 4 is 10.8 Å². The lowest BCUT2D eigenvalue weighted by atomic mass is 9.84. The molecule has 0 saturated carbocycles. The first kappa shape index (κ1) is 14.2. The first-order valence-corrected chi connectivity index (χ1v) is 8.42. The molecular formula is C19H24N2O. The highest BCUT2D eigenvalue weighted by atomic mass is 16.3. The van der Waals surface area contributed by atoms with Crippen molar-refractivity contribution in [3.63, 3.8) is 0 Å². The molecule has 3 heterocycles. The fraction of sp³-hybridized carbons (Fsp3) is 0.474. The molecule has 3 saturated heterocycles. The van der Waals surface area contributed by atoms with E-state index < -0.39 is 6.10 Å². The van der Waals surface area contributed by atoms with Crippen LogP contribution in [0, 0.1) is 5.92 Å². The second-order valence-electron chi connectivity index (χ2n) is 6.78. The van der Waals surface area contributed by atoms with E-state index in [0.717, 1.165) is 18.0 Å². The fourth-order valence-electron chi connectivity index (χ4n) is 3.99. The van der Waals surface area contributed by atoms with E-state index in [2.05, 4.69) is 34.5 Å². The Kier molecular flexibility index (Phi) is 3.87. The number of hydrogen-bond acceptors (Lipinski definition) is 3. The minimum Gasteiger partial charge on any atom is -0.387 e. The van der Waals surface area contributed by atoms with Crippen molar-refractivity contribution in [1.82, 2.24) is 10.2 Å². The van der Waals surface area contributed by atoms with Crippen LogP contribution in [-0.2, 0) is 0 Å². The van der Waals surface area contributed by atoms with E-state index in [0.29, 0.717) is 12.6 Å². The SMILES string of the molecule is O[C@@H](CN[C@H]1CN2CCC1CC2)c1ccc2ccccc2c1. The molecule has 116 valence electrons. The number of fused-ring (bicyclic) bond motifs is 4. The van der Waals surface area contributed by atoms with E-state index in [9.17, 15) is 5.11 Å². The predicted octanol–water partition coefficient (Wildman–Crippen LogP) is 2.56. The van der Waals surface area contributed by atoms with Crippen molar-refractivity contribution in [3.05, 3.63) is 48.0 Å². The fourth-order valence-corrected chi connectivity index (χ4v) is 3.99. The van der Waals surface area contributed by atoms with Gasteiger partial charge < -0.3 is 15.3 Å². The van der Waals surface area contributed by atoms with Gasteiger partial charge in [0.15, 0.2) is 0 Å². The molecule has 3 heteroatoms. The molecule has 3 nitrogen and oxygen atoms in total. The molecule has 22 heavy (non-hydrogen) atoms. The van der Waals surface area contributed by atoms with Gasteiger partial charge in [0.2, 0.25) is 0 Å². The zero-order valence-electron chi connectivity index (χ0n) is 12.9. The maximum Gasteiger partial charge on any atom is 0.0914 e. The topological polar surface area (TPSA) is 35.5 Å². The Bertz CT molecular complexity index is 649. The van der Waals surface area contributed by atoms with Gasteiger partial charge >= 0.3 is 0 Å². The molecule has 0 aromatic heterocycles. The Morgan fingerprint density at radius 1 is 1.09 bits per heavy atom. The third-order valence-electron chi connectivity index (χ3n) is 5.39. The Labute approximate surface area is 131 Å². The largest absolute Gasteiger partial charge is 0.387 e. The minimum atomic E-state index is -0.431. The van der Waals surface area contributed by atoms with Gasteiger partial charge in [-0.1, -0.05) is 36.4 Å². The standard InChI is InChI=1S/C19H24N2O/c22-19(12-20-18-13-21-9-7-15(18)8-10-21)17-6-5-14-3-1-2-4-16(14)11-17/h1-6,11,15,18-20,22H,7-10,12-13H2/t18-,19-/m0/s1. The van der Waals surface area contributed by atoms with Gasteiger partial charge in [-0.3, -0.25) is 0 Å². The van der Waals surface area contributed by atoms with Crippen molar-refractivity contribution in [2.45, 2.75) is 25.0 Å². The van der Waals surface area contributed by atoms with Crippen molar-refractivity contribution < 1.29 is 5.11 Å². The van der Waals surface area contributed by atoms with E-state index in [-0.39, 0.29) is 0 Å². The number of hydrogen-bond donors (Lipinski definition) is 2. The summed E-state index contributed by atoms with van der Waals surface area (Å²) in [5.41, 5.74) is 1.01. The van der Waals surface area contributed by atoms with E-state index >= 15 is 0 Å². The van der Waals surface area contributed by atoms with E-state index in [1.807, 2.05) is 18.2 Å². The van der Waals surface area contributed by atoms with Gasteiger partial charge in [0, 0.05) is 19.1 Å². The molecule has 0 radical (unpaired) electrons. The van der Waals surface area contributed by atoms with Crippen molar-refractivity contribution in [1.29, 1.82) is 0 Å². The summed E-state index contributed by atoms with van der Waals surface area (Å²) < 4.78 is 0. The molecule has 2 aromatic carbocycles. The molecule has 3 aliphatic rings. The van der Waals surface area contributed by atoms with Gasteiger partial charge in [-0.25, -0.2) is 0 Å². The summed E-state index contributed by atoms with van der Waals surface area (Å²) in [6.45, 7) is 4.31. The van der Waals surface area contributed by atoms with E-state index in [4.69, 9.17) is 0 Å². The number of nitrogens with zero attached hydrogens (tertiary/aromatic N) is 1. The zero-order valence-corrected chi connectivity index (χ0v) is 12.9. The van der Waals surface area contributed by atoms with Crippen LogP contribution in [-0.4, -0.2) is 42.2 Å². The molecule has 0 unspecified atom stereocenters. The molecule has 3 aliphatic heterocycles. The Morgan fingerprint density at radius 3 is 2.59 bits per heavy atom. The lowest BCUT2D eigenvalue weighted by molar-refractivity contribution is 0.0635. The number of aliphatic hydroxyl groups excluding tert-OH is 1. The summed E-state index contributed by atoms with van der Waals surface area (Å²) in [5, 5.41) is 16.5. The average Bonchev–Trinajstić information content (AvgIpc) is 2.60. The zero-order chi connectivity index (χ0) is 14.9. The maximum absolute atomic E-state index is 10.5. The van der Waals surface area contributed by atoms with Crippen LogP contribution in [0.4, 0.5) is 0 Å². The molecule has 2 N–H and O–H groups in total. The summed E-state index contributed by atoms with van der Waals surface area (Å²) in [6, 6.07) is 15.1. The molecule has 2 aromatic rings. The third-order valence-corrected chi connectivity index (χ3v) is 5.39. The molecule has 5 rings (SSSR count). The van der Waals surface area contributed by atoms with Crippen LogP contribution < -0.4 is 5.32 Å². The quantitative estimate of drug-likeness (QED) is 0.910. The normalized spacial score (nSPS) is 28.9. The number of benzene rings is 2. The van der Waals surface area contributed by atoms with Crippen LogP contribution in [0.3, 0.4) is 0 Å². The third kappa shape index (κ3) is 2.76. The van der Waals surface area contributed by atoms with Crippen LogP contribution in [0.15, 0.2) is 42.5 Å². The minimum absolute atomic E-state index is 0.431. The van der Waals surface area contributed by atoms with Gasteiger partial charge in [0.1, 0.15) is 0 Å². The molecule has 0 spiro atoms. The first-order valence-electron chi connectivity index (χ1n) is 8.42. The van der Waals surface area contributed by atoms with Crippen LogP contribution in [0.5, 0.6) is 0 Å². The Hall–Kier alpha value is -1.42. The molecule has 0 amide bonds. The van der Waals surface area contributed by atoms with Gasteiger partial charge in [-0.05, 0) is 54.3 Å². The monoisotopic (exact) mass is 296 g/mol. The highest BCUT2D eigenvalue weighted by Gasteiger charge is 2.33. The molecule has 2 bridgehead atoms. The highest BCUT2D eigenvalue weighted by Crippen LogP contribution is 2.28. The number of piperidine rings is 3. The Morgan fingerprint density at radius 2 is 1.86 bits per heavy atom. The van der Waals surface area contributed by atoms with Crippen LogP contribution in [0.1, 0.15) is 24.5 Å². The number of rotatable bonds is 4. The summed E-state index contributed by atoms with van der Waals surface area (Å²) in [6.07, 6.45) is 2.19. The van der Waals surface area contributed by atoms with Crippen LogP contribution in [0.25, 0.3) is 10.8 Å². The Balaban J connectivity index is 1.41. The van der Waals surface area contributed by atoms with Crippen LogP contribution in [0.2, 0.25) is 0 Å². The summed E-state index contributed by atoms with van der Waals surface area (Å²) >= 11 is 0. The second-order valence-corrected chi connectivity index (χ2v) is 6.78. The van der Waals surface area contributed by atoms with Gasteiger partial charge in [-0.15, -0.1) is 0 Å². The van der Waals surface area contributed by atoms with Gasteiger partial charge in [0.05, 0.1) is 6.10 Å². The van der Waals surface area contributed by atoms with Crippen LogP contribution >= 0.6 is 0 Å². The molecular weight excluding hydrogens is 272 g/mol. The summed E-state index contributed by atoms with van der Waals surface area (Å²) in [7, 11) is 0. The highest BCUT2D eigenvalue weighted by molar-refractivity contribution is 5.83. The molecule has 0 aliphatic carbocycles. The van der Waals surface area contributed by atoms with Crippen molar-refractivity contribution in [2.75, 3.05) is 26.2 Å². The van der Waals surface area contributed by atoms with Gasteiger partial charge in [0.25, 0.3) is 0 Å².